The molecule has 1 unspecified atom stereocenters. The fraction of sp³-hybridized carbons (Fsp3) is 0.316. The van der Waals surface area contributed by atoms with Gasteiger partial charge in [-0.15, -0.1) is 0 Å². The third-order valence-electron chi connectivity index (χ3n) is 4.02. The number of nitrogens with zero attached hydrogens (tertiary/aromatic N) is 2. The lowest BCUT2D eigenvalue weighted by Gasteiger charge is -2.20. The summed E-state index contributed by atoms with van der Waals surface area (Å²) in [4.78, 5) is 13.3. The maximum absolute atomic E-state index is 13.0. The number of hydrogen-bond donors (Lipinski definition) is 1. The van der Waals surface area contributed by atoms with Crippen LogP contribution in [0.5, 0.6) is 0 Å². The number of rotatable bonds is 6. The number of pyridine rings is 1. The molecule has 136 valence electrons. The van der Waals surface area contributed by atoms with Crippen molar-refractivity contribution in [1.29, 1.82) is 5.26 Å². The lowest BCUT2D eigenvalue weighted by atomic mass is 10.1. The summed E-state index contributed by atoms with van der Waals surface area (Å²) in [6.07, 6.45) is 0. The minimum absolute atomic E-state index is 0.255. The molecule has 2 rings (SSSR count). The van der Waals surface area contributed by atoms with E-state index in [1.165, 1.54) is 18.2 Å². The van der Waals surface area contributed by atoms with E-state index in [0.717, 1.165) is 10.5 Å². The van der Waals surface area contributed by atoms with Gasteiger partial charge in [-0.3, -0.25) is 4.57 Å². The van der Waals surface area contributed by atoms with Gasteiger partial charge in [-0.25, -0.2) is 9.18 Å². The normalized spacial score (nSPS) is 11.7. The lowest BCUT2D eigenvalue weighted by Crippen LogP contribution is -3.07. The zero-order valence-corrected chi connectivity index (χ0v) is 15.8. The minimum Gasteiger partial charge on any atom is -0.462 e. The summed E-state index contributed by atoms with van der Waals surface area (Å²) in [6, 6.07) is 9.86. The molecular formula is C19H21FN3O2S+. The van der Waals surface area contributed by atoms with E-state index < -0.39 is 5.97 Å². The Hall–Kier alpha value is -2.56. The van der Waals surface area contributed by atoms with E-state index in [-0.39, 0.29) is 18.0 Å². The highest BCUT2D eigenvalue weighted by Gasteiger charge is 2.18. The quantitative estimate of drug-likeness (QED) is 0.623. The Kier molecular flexibility index (Phi) is 6.61. The van der Waals surface area contributed by atoms with Crippen LogP contribution >= 0.6 is 12.2 Å². The number of esters is 1. The fourth-order valence-electron chi connectivity index (χ4n) is 2.72. The Morgan fingerprint density at radius 1 is 1.38 bits per heavy atom. The number of quaternary nitrogens is 1. The molecule has 0 fully saturated rings. The molecule has 0 spiro atoms. The van der Waals surface area contributed by atoms with Crippen molar-refractivity contribution in [3.63, 3.8) is 0 Å². The molecule has 0 aliphatic rings. The first-order chi connectivity index (χ1) is 12.4. The highest BCUT2D eigenvalue weighted by Crippen LogP contribution is 2.14. The maximum Gasteiger partial charge on any atom is 0.339 e. The molecule has 0 aliphatic heterocycles. The van der Waals surface area contributed by atoms with E-state index in [0.29, 0.717) is 29.1 Å². The molecular weight excluding hydrogens is 353 g/mol. The van der Waals surface area contributed by atoms with Gasteiger partial charge in [0.25, 0.3) is 0 Å². The third-order valence-corrected chi connectivity index (χ3v) is 4.46. The van der Waals surface area contributed by atoms with E-state index in [1.54, 1.807) is 30.5 Å². The molecule has 0 saturated heterocycles. The van der Waals surface area contributed by atoms with Crippen molar-refractivity contribution in [3.05, 3.63) is 63.2 Å². The zero-order chi connectivity index (χ0) is 19.3. The highest BCUT2D eigenvalue weighted by atomic mass is 32.1. The van der Waals surface area contributed by atoms with Crippen LogP contribution in [0.1, 0.15) is 34.1 Å². The molecule has 1 heterocycles. The van der Waals surface area contributed by atoms with Crippen LogP contribution in [0.2, 0.25) is 0 Å². The Morgan fingerprint density at radius 2 is 2.04 bits per heavy atom. The number of carbonyl (C=O) groups is 1. The second-order valence-corrected chi connectivity index (χ2v) is 6.43. The van der Waals surface area contributed by atoms with Gasteiger partial charge in [-0.1, -0.05) is 24.4 Å². The van der Waals surface area contributed by atoms with Crippen LogP contribution in [-0.4, -0.2) is 24.2 Å². The first-order valence-electron chi connectivity index (χ1n) is 8.24. The highest BCUT2D eigenvalue weighted by molar-refractivity contribution is 7.71. The molecule has 1 aromatic carbocycles. The molecule has 1 atom stereocenters. The van der Waals surface area contributed by atoms with E-state index in [1.807, 2.05) is 13.1 Å². The predicted octanol–water partition coefficient (Wildman–Crippen LogP) is 2.39. The summed E-state index contributed by atoms with van der Waals surface area (Å²) in [7, 11) is 1.97. The van der Waals surface area contributed by atoms with Crippen LogP contribution in [0.3, 0.4) is 0 Å². The van der Waals surface area contributed by atoms with E-state index >= 15 is 0 Å². The van der Waals surface area contributed by atoms with Crippen molar-refractivity contribution in [1.82, 2.24) is 4.57 Å². The summed E-state index contributed by atoms with van der Waals surface area (Å²) in [6.45, 7) is 4.88. The van der Waals surface area contributed by atoms with Crippen molar-refractivity contribution in [3.8, 4) is 6.07 Å². The number of nitriles is 1. The number of benzene rings is 1. The number of aromatic nitrogens is 1. The van der Waals surface area contributed by atoms with Gasteiger partial charge in [0, 0.05) is 11.3 Å². The van der Waals surface area contributed by atoms with E-state index in [2.05, 4.69) is 0 Å². The molecule has 7 heteroatoms. The largest absolute Gasteiger partial charge is 0.462 e. The fourth-order valence-corrected chi connectivity index (χ4v) is 3.02. The molecule has 0 saturated carbocycles. The van der Waals surface area contributed by atoms with Crippen LogP contribution in [0, 0.1) is 28.7 Å². The summed E-state index contributed by atoms with van der Waals surface area (Å²) < 4.78 is 20.3. The zero-order valence-electron chi connectivity index (χ0n) is 15.0. The first kappa shape index (κ1) is 19.8. The smallest absolute Gasteiger partial charge is 0.339 e. The molecule has 0 amide bonds. The van der Waals surface area contributed by atoms with Crippen molar-refractivity contribution >= 4 is 18.2 Å². The molecule has 5 nitrogen and oxygen atoms in total. The second-order valence-electron chi connectivity index (χ2n) is 6.04. The summed E-state index contributed by atoms with van der Waals surface area (Å²) in [5.74, 6) is -0.744. The summed E-state index contributed by atoms with van der Waals surface area (Å²) in [5.41, 5.74) is 2.25. The average molecular weight is 374 g/mol. The Morgan fingerprint density at radius 3 is 2.62 bits per heavy atom. The topological polar surface area (TPSA) is 59.5 Å². The van der Waals surface area contributed by atoms with Crippen LogP contribution < -0.4 is 4.90 Å². The number of nitrogens with one attached hydrogen (secondary N) is 1. The van der Waals surface area contributed by atoms with Gasteiger partial charge in [0.15, 0.2) is 6.67 Å². The predicted molar refractivity (Wildman–Crippen MR) is 97.7 cm³/mol. The van der Waals surface area contributed by atoms with Crippen molar-refractivity contribution < 1.29 is 18.8 Å². The van der Waals surface area contributed by atoms with Gasteiger partial charge in [0.1, 0.15) is 23.1 Å². The van der Waals surface area contributed by atoms with Crippen molar-refractivity contribution in [2.45, 2.75) is 27.1 Å². The van der Waals surface area contributed by atoms with Gasteiger partial charge in [-0.2, -0.15) is 5.26 Å². The molecule has 1 N–H and O–H groups in total. The maximum atomic E-state index is 13.0. The molecule has 1 aromatic heterocycles. The van der Waals surface area contributed by atoms with Crippen LogP contribution in [-0.2, 0) is 18.0 Å². The summed E-state index contributed by atoms with van der Waals surface area (Å²) in [5, 5.41) is 9.34. The molecule has 2 aromatic rings. The number of ether oxygens (including phenoxy) is 1. The third kappa shape index (κ3) is 4.54. The lowest BCUT2D eigenvalue weighted by molar-refractivity contribution is -0.917. The molecule has 26 heavy (non-hydrogen) atoms. The average Bonchev–Trinajstić information content (AvgIpc) is 2.61. The Labute approximate surface area is 157 Å². The Balaban J connectivity index is 2.33. The molecule has 0 aliphatic carbocycles. The second kappa shape index (κ2) is 8.70. The van der Waals surface area contributed by atoms with Gasteiger partial charge in [0.05, 0.1) is 24.8 Å². The first-order valence-corrected chi connectivity index (χ1v) is 8.65. The monoisotopic (exact) mass is 374 g/mol. The van der Waals surface area contributed by atoms with Crippen LogP contribution in [0.4, 0.5) is 4.39 Å². The van der Waals surface area contributed by atoms with Crippen molar-refractivity contribution in [2.24, 2.45) is 0 Å². The molecule has 0 bridgehead atoms. The van der Waals surface area contributed by atoms with E-state index in [4.69, 9.17) is 17.0 Å². The number of halogens is 1. The van der Waals surface area contributed by atoms with Gasteiger partial charge in [0.2, 0.25) is 0 Å². The van der Waals surface area contributed by atoms with Gasteiger partial charge >= 0.3 is 5.97 Å². The molecule has 0 radical (unpaired) electrons. The van der Waals surface area contributed by atoms with Crippen LogP contribution in [0.15, 0.2) is 30.3 Å². The van der Waals surface area contributed by atoms with Crippen LogP contribution in [0.25, 0.3) is 0 Å². The van der Waals surface area contributed by atoms with Gasteiger partial charge < -0.3 is 9.64 Å². The van der Waals surface area contributed by atoms with Gasteiger partial charge in [-0.05, 0) is 32.0 Å². The Bertz CT molecular complexity index is 901. The SMILES string of the molecule is CCOC(=O)c1cc(C#N)c(=S)n(C[NH+](C)Cc2ccc(F)cc2)c1C. The van der Waals surface area contributed by atoms with E-state index in [9.17, 15) is 14.4 Å². The minimum atomic E-state index is -0.471. The number of carbonyl (C=O) groups excluding carboxylic acids is 1. The standard InChI is InChI=1S/C19H20FN3O2S/c1-4-25-19(24)17-9-15(10-21)18(26)23(13(17)2)12-22(3)11-14-5-7-16(20)8-6-14/h5-9H,4,11-12H2,1-3H3/p+1. The van der Waals surface area contributed by atoms with Crippen molar-refractivity contribution in [2.75, 3.05) is 13.7 Å². The number of hydrogen-bond acceptors (Lipinski definition) is 4. The summed E-state index contributed by atoms with van der Waals surface area (Å²) >= 11 is 5.41.